The van der Waals surface area contributed by atoms with Gasteiger partial charge in [-0.05, 0) is 17.7 Å². The second-order valence-electron chi connectivity index (χ2n) is 4.83. The van der Waals surface area contributed by atoms with Crippen molar-refractivity contribution in [2.24, 2.45) is 0 Å². The Morgan fingerprint density at radius 2 is 1.86 bits per heavy atom. The Bertz CT molecular complexity index is 650. The molecule has 0 aliphatic carbocycles. The van der Waals surface area contributed by atoms with Crippen molar-refractivity contribution < 1.29 is 8.42 Å². The van der Waals surface area contributed by atoms with E-state index in [1.54, 1.807) is 18.2 Å². The van der Waals surface area contributed by atoms with Crippen molar-refractivity contribution >= 4 is 33.2 Å². The molecule has 0 bridgehead atoms. The molecule has 5 nitrogen and oxygen atoms in total. The topological polar surface area (TPSA) is 64.4 Å². The zero-order valence-electron chi connectivity index (χ0n) is 11.3. The first-order valence-corrected chi connectivity index (χ1v) is 8.80. The zero-order valence-corrected chi connectivity index (χ0v) is 13.6. The van der Waals surface area contributed by atoms with Crippen molar-refractivity contribution in [1.82, 2.24) is 9.21 Å². The summed E-state index contributed by atoms with van der Waals surface area (Å²) in [6.07, 6.45) is 0. The molecule has 1 heterocycles. The molecule has 0 saturated carbocycles. The van der Waals surface area contributed by atoms with Crippen LogP contribution in [0.1, 0.15) is 5.56 Å². The quantitative estimate of drug-likeness (QED) is 0.781. The second-order valence-corrected chi connectivity index (χ2v) is 7.64. The number of benzene rings is 1. The first kappa shape index (κ1) is 16.5. The molecule has 1 aliphatic rings. The Morgan fingerprint density at radius 3 is 2.43 bits per heavy atom. The van der Waals surface area contributed by atoms with Crippen LogP contribution >= 0.6 is 23.2 Å². The average molecular weight is 348 g/mol. The maximum atomic E-state index is 12.4. The molecule has 114 valence electrons. The van der Waals surface area contributed by atoms with Crippen LogP contribution in [0.3, 0.4) is 0 Å². The normalized spacial score (nSPS) is 17.6. The van der Waals surface area contributed by atoms with Crippen LogP contribution in [0.4, 0.5) is 0 Å². The largest absolute Gasteiger partial charge is 0.288 e. The maximum absolute atomic E-state index is 12.4. The third-order valence-electron chi connectivity index (χ3n) is 3.37. The van der Waals surface area contributed by atoms with Gasteiger partial charge in [0.05, 0.1) is 18.4 Å². The molecular formula is C13H15Cl2N3O2S. The fourth-order valence-corrected chi connectivity index (χ4v) is 4.29. The van der Waals surface area contributed by atoms with Crippen molar-refractivity contribution in [2.75, 3.05) is 32.7 Å². The molecule has 0 unspecified atom stereocenters. The molecule has 0 radical (unpaired) electrons. The van der Waals surface area contributed by atoms with Gasteiger partial charge in [0.25, 0.3) is 0 Å². The van der Waals surface area contributed by atoms with Gasteiger partial charge in [0.2, 0.25) is 10.0 Å². The van der Waals surface area contributed by atoms with Crippen molar-refractivity contribution in [1.29, 1.82) is 5.26 Å². The van der Waals surface area contributed by atoms with Gasteiger partial charge >= 0.3 is 0 Å². The fourth-order valence-electron chi connectivity index (χ4n) is 2.19. The number of sulfonamides is 1. The monoisotopic (exact) mass is 347 g/mol. The molecular weight excluding hydrogens is 333 g/mol. The first-order chi connectivity index (χ1) is 9.92. The number of hydrogen-bond donors (Lipinski definition) is 0. The minimum Gasteiger partial charge on any atom is -0.288 e. The summed E-state index contributed by atoms with van der Waals surface area (Å²) in [6.45, 7) is 2.27. The molecule has 1 saturated heterocycles. The number of nitriles is 1. The van der Waals surface area contributed by atoms with Gasteiger partial charge in [-0.3, -0.25) is 4.90 Å². The van der Waals surface area contributed by atoms with E-state index in [0.717, 1.165) is 0 Å². The van der Waals surface area contributed by atoms with Crippen LogP contribution in [0.15, 0.2) is 18.2 Å². The molecule has 8 heteroatoms. The Balaban J connectivity index is 2.04. The van der Waals surface area contributed by atoms with Gasteiger partial charge in [0, 0.05) is 36.2 Å². The van der Waals surface area contributed by atoms with Crippen LogP contribution < -0.4 is 0 Å². The molecule has 0 atom stereocenters. The van der Waals surface area contributed by atoms with E-state index in [2.05, 4.69) is 6.07 Å². The summed E-state index contributed by atoms with van der Waals surface area (Å²) in [5.41, 5.74) is 0.542. The molecule has 0 aromatic heterocycles. The summed E-state index contributed by atoms with van der Waals surface area (Å²) in [5, 5.41) is 9.48. The number of halogens is 2. The van der Waals surface area contributed by atoms with Gasteiger partial charge in [-0.15, -0.1) is 0 Å². The molecule has 21 heavy (non-hydrogen) atoms. The smallest absolute Gasteiger partial charge is 0.218 e. The van der Waals surface area contributed by atoms with E-state index in [0.29, 0.717) is 48.3 Å². The Labute approximate surface area is 134 Å². The van der Waals surface area contributed by atoms with Crippen LogP contribution in [0.25, 0.3) is 0 Å². The summed E-state index contributed by atoms with van der Waals surface area (Å²) in [7, 11) is -3.41. The van der Waals surface area contributed by atoms with Crippen LogP contribution in [0.5, 0.6) is 0 Å². The molecule has 1 aromatic carbocycles. The van der Waals surface area contributed by atoms with E-state index < -0.39 is 10.0 Å². The Morgan fingerprint density at radius 1 is 1.19 bits per heavy atom. The van der Waals surface area contributed by atoms with E-state index >= 15 is 0 Å². The van der Waals surface area contributed by atoms with E-state index in [9.17, 15) is 8.42 Å². The highest BCUT2D eigenvalue weighted by Gasteiger charge is 2.27. The van der Waals surface area contributed by atoms with Crippen molar-refractivity contribution in [3.8, 4) is 6.07 Å². The zero-order chi connectivity index (χ0) is 15.5. The van der Waals surface area contributed by atoms with Crippen LogP contribution in [-0.4, -0.2) is 50.3 Å². The minimum absolute atomic E-state index is 0.138. The molecule has 2 rings (SSSR count). The predicted octanol–water partition coefficient (Wildman–Crippen LogP) is 1.96. The van der Waals surface area contributed by atoms with Gasteiger partial charge in [-0.1, -0.05) is 29.3 Å². The lowest BCUT2D eigenvalue weighted by Gasteiger charge is -2.32. The van der Waals surface area contributed by atoms with Crippen LogP contribution in [-0.2, 0) is 15.8 Å². The highest BCUT2D eigenvalue weighted by atomic mass is 35.5. The molecule has 0 spiro atoms. The molecule has 0 amide bonds. The van der Waals surface area contributed by atoms with Gasteiger partial charge < -0.3 is 0 Å². The minimum atomic E-state index is -3.41. The second kappa shape index (κ2) is 6.95. The van der Waals surface area contributed by atoms with Gasteiger partial charge in [-0.25, -0.2) is 8.42 Å². The third-order valence-corrected chi connectivity index (χ3v) is 5.79. The number of piperazine rings is 1. The van der Waals surface area contributed by atoms with E-state index in [-0.39, 0.29) is 5.75 Å². The Hall–Kier alpha value is -0.840. The first-order valence-electron chi connectivity index (χ1n) is 6.43. The average Bonchev–Trinajstić information content (AvgIpc) is 2.43. The lowest BCUT2D eigenvalue weighted by Crippen LogP contribution is -2.48. The van der Waals surface area contributed by atoms with Gasteiger partial charge in [0.15, 0.2) is 0 Å². The number of rotatable bonds is 4. The lowest BCUT2D eigenvalue weighted by atomic mass is 10.2. The van der Waals surface area contributed by atoms with E-state index in [1.807, 2.05) is 4.90 Å². The van der Waals surface area contributed by atoms with Crippen LogP contribution in [0, 0.1) is 11.3 Å². The summed E-state index contributed by atoms with van der Waals surface area (Å²) < 4.78 is 26.3. The van der Waals surface area contributed by atoms with E-state index in [4.69, 9.17) is 28.5 Å². The molecule has 0 N–H and O–H groups in total. The highest BCUT2D eigenvalue weighted by molar-refractivity contribution is 7.88. The summed E-state index contributed by atoms with van der Waals surface area (Å²) >= 11 is 11.8. The molecule has 1 aromatic rings. The van der Waals surface area contributed by atoms with Gasteiger partial charge in [-0.2, -0.15) is 9.57 Å². The lowest BCUT2D eigenvalue weighted by molar-refractivity contribution is 0.206. The van der Waals surface area contributed by atoms with Crippen molar-refractivity contribution in [3.63, 3.8) is 0 Å². The number of nitrogens with zero attached hydrogens (tertiary/aromatic N) is 3. The van der Waals surface area contributed by atoms with Crippen LogP contribution in [0.2, 0.25) is 10.0 Å². The highest BCUT2D eigenvalue weighted by Crippen LogP contribution is 2.24. The summed E-state index contributed by atoms with van der Waals surface area (Å²) in [6, 6.07) is 6.87. The summed E-state index contributed by atoms with van der Waals surface area (Å²) in [5.74, 6) is -0.138. The Kier molecular flexibility index (Phi) is 5.47. The molecule has 1 aliphatic heterocycles. The summed E-state index contributed by atoms with van der Waals surface area (Å²) in [4.78, 5) is 1.93. The molecule has 1 fully saturated rings. The van der Waals surface area contributed by atoms with Crippen molar-refractivity contribution in [3.05, 3.63) is 33.8 Å². The fraction of sp³-hybridized carbons (Fsp3) is 0.462. The number of hydrogen-bond acceptors (Lipinski definition) is 4. The van der Waals surface area contributed by atoms with E-state index in [1.165, 1.54) is 4.31 Å². The van der Waals surface area contributed by atoms with Gasteiger partial charge in [0.1, 0.15) is 0 Å². The van der Waals surface area contributed by atoms with Crippen molar-refractivity contribution in [2.45, 2.75) is 5.75 Å². The maximum Gasteiger partial charge on any atom is 0.218 e. The standard InChI is InChI=1S/C13H15Cl2N3O2S/c14-12-2-1-11(13(15)9-12)10-21(19,20)18-7-5-17(4-3-16)6-8-18/h1-2,9H,4-8,10H2. The third kappa shape index (κ3) is 4.31. The predicted molar refractivity (Wildman–Crippen MR) is 82.7 cm³/mol. The SMILES string of the molecule is N#CCN1CCN(S(=O)(=O)Cc2ccc(Cl)cc2Cl)CC1.